The molecule has 0 bridgehead atoms. The first-order valence-corrected chi connectivity index (χ1v) is 5.93. The summed E-state index contributed by atoms with van der Waals surface area (Å²) in [5, 5.41) is 9.54. The lowest BCUT2D eigenvalue weighted by atomic mass is 10.1. The van der Waals surface area contributed by atoms with Gasteiger partial charge in [0.05, 0.1) is 0 Å². The summed E-state index contributed by atoms with van der Waals surface area (Å²) < 4.78 is 5.43. The van der Waals surface area contributed by atoms with Crippen LogP contribution in [0.5, 0.6) is 5.75 Å². The van der Waals surface area contributed by atoms with E-state index < -0.39 is 5.79 Å². The van der Waals surface area contributed by atoms with Crippen molar-refractivity contribution in [3.63, 3.8) is 0 Å². The van der Waals surface area contributed by atoms with Crippen molar-refractivity contribution in [2.45, 2.75) is 53.8 Å². The Bertz CT molecular complexity index is 311. The minimum absolute atomic E-state index is 0.769. The van der Waals surface area contributed by atoms with Crippen molar-refractivity contribution in [2.75, 3.05) is 0 Å². The fraction of sp³-hybridized carbons (Fsp3) is 0.571. The fourth-order valence-electron chi connectivity index (χ4n) is 1.35. The first-order chi connectivity index (χ1) is 7.42. The summed E-state index contributed by atoms with van der Waals surface area (Å²) in [4.78, 5) is 0. The van der Waals surface area contributed by atoms with Gasteiger partial charge < -0.3 is 9.84 Å². The van der Waals surface area contributed by atoms with E-state index in [9.17, 15) is 5.11 Å². The fourth-order valence-corrected chi connectivity index (χ4v) is 1.35. The molecule has 1 N–H and O–H groups in total. The molecule has 0 aliphatic carbocycles. The molecule has 0 radical (unpaired) electrons. The number of ether oxygens (including phenoxy) is 1. The van der Waals surface area contributed by atoms with Crippen LogP contribution in [0.2, 0.25) is 0 Å². The SMILES string of the molecule is CC.CCc1cc(C)ccc1OC(C)(C)O. The van der Waals surface area contributed by atoms with Gasteiger partial charge in [-0.3, -0.25) is 0 Å². The molecule has 0 aliphatic rings. The predicted octanol–water partition coefficient (Wildman–Crippen LogP) is 3.69. The Balaban J connectivity index is 0.00000106. The average molecular weight is 224 g/mol. The van der Waals surface area contributed by atoms with E-state index in [0.29, 0.717) is 0 Å². The summed E-state index contributed by atoms with van der Waals surface area (Å²) in [5.41, 5.74) is 2.34. The lowest BCUT2D eigenvalue weighted by molar-refractivity contribution is -0.105. The van der Waals surface area contributed by atoms with Crippen LogP contribution in [0, 0.1) is 6.92 Å². The van der Waals surface area contributed by atoms with Gasteiger partial charge in [-0.05, 0) is 25.0 Å². The van der Waals surface area contributed by atoms with Gasteiger partial charge in [-0.1, -0.05) is 38.5 Å². The maximum atomic E-state index is 9.54. The summed E-state index contributed by atoms with van der Waals surface area (Å²) in [6.07, 6.45) is 0.910. The highest BCUT2D eigenvalue weighted by Gasteiger charge is 2.15. The highest BCUT2D eigenvalue weighted by Crippen LogP contribution is 2.23. The van der Waals surface area contributed by atoms with Gasteiger partial charge in [0.2, 0.25) is 5.79 Å². The van der Waals surface area contributed by atoms with Crippen LogP contribution in [0.4, 0.5) is 0 Å². The number of hydrogen-bond acceptors (Lipinski definition) is 2. The number of aliphatic hydroxyl groups is 1. The van der Waals surface area contributed by atoms with E-state index in [1.807, 2.05) is 32.9 Å². The zero-order valence-electron chi connectivity index (χ0n) is 11.3. The van der Waals surface area contributed by atoms with E-state index in [1.54, 1.807) is 13.8 Å². The molecular formula is C14H24O2. The van der Waals surface area contributed by atoms with Crippen molar-refractivity contribution < 1.29 is 9.84 Å². The molecule has 2 nitrogen and oxygen atoms in total. The minimum Gasteiger partial charge on any atom is -0.463 e. The van der Waals surface area contributed by atoms with Crippen LogP contribution in [-0.2, 0) is 6.42 Å². The summed E-state index contributed by atoms with van der Waals surface area (Å²) >= 11 is 0. The van der Waals surface area contributed by atoms with E-state index in [1.165, 1.54) is 5.56 Å². The lowest BCUT2D eigenvalue weighted by Crippen LogP contribution is -2.27. The van der Waals surface area contributed by atoms with Gasteiger partial charge >= 0.3 is 0 Å². The van der Waals surface area contributed by atoms with Crippen LogP contribution < -0.4 is 4.74 Å². The number of hydrogen-bond donors (Lipinski definition) is 1. The number of aryl methyl sites for hydroxylation is 2. The molecule has 0 atom stereocenters. The molecular weight excluding hydrogens is 200 g/mol. The van der Waals surface area contributed by atoms with E-state index >= 15 is 0 Å². The zero-order valence-corrected chi connectivity index (χ0v) is 11.3. The van der Waals surface area contributed by atoms with E-state index in [2.05, 4.69) is 13.0 Å². The summed E-state index contributed by atoms with van der Waals surface area (Å²) in [6, 6.07) is 5.98. The molecule has 0 unspecified atom stereocenters. The molecule has 0 fully saturated rings. The van der Waals surface area contributed by atoms with E-state index in [4.69, 9.17) is 4.74 Å². The second-order valence-corrected chi connectivity index (χ2v) is 4.01. The van der Waals surface area contributed by atoms with E-state index in [0.717, 1.165) is 17.7 Å². The Labute approximate surface area is 99.3 Å². The van der Waals surface area contributed by atoms with Gasteiger partial charge in [0.25, 0.3) is 0 Å². The third-order valence-electron chi connectivity index (χ3n) is 1.96. The van der Waals surface area contributed by atoms with Crippen LogP contribution in [-0.4, -0.2) is 10.9 Å². The van der Waals surface area contributed by atoms with Crippen molar-refractivity contribution in [2.24, 2.45) is 0 Å². The monoisotopic (exact) mass is 224 g/mol. The predicted molar refractivity (Wildman–Crippen MR) is 68.8 cm³/mol. The Morgan fingerprint density at radius 1 is 1.25 bits per heavy atom. The minimum atomic E-state index is -1.11. The third-order valence-corrected chi connectivity index (χ3v) is 1.96. The van der Waals surface area contributed by atoms with Crippen LogP contribution in [0.1, 0.15) is 45.7 Å². The maximum Gasteiger partial charge on any atom is 0.202 e. The molecule has 2 heteroatoms. The van der Waals surface area contributed by atoms with Gasteiger partial charge in [-0.2, -0.15) is 0 Å². The molecule has 16 heavy (non-hydrogen) atoms. The van der Waals surface area contributed by atoms with Crippen LogP contribution in [0.15, 0.2) is 18.2 Å². The van der Waals surface area contributed by atoms with E-state index in [-0.39, 0.29) is 0 Å². The van der Waals surface area contributed by atoms with Crippen molar-refractivity contribution >= 4 is 0 Å². The van der Waals surface area contributed by atoms with Crippen LogP contribution in [0.3, 0.4) is 0 Å². The molecule has 0 aromatic heterocycles. The van der Waals surface area contributed by atoms with Crippen LogP contribution in [0.25, 0.3) is 0 Å². The number of rotatable bonds is 3. The molecule has 0 amide bonds. The summed E-state index contributed by atoms with van der Waals surface area (Å²) in [5.74, 6) is -0.343. The standard InChI is InChI=1S/C12H18O2.C2H6/c1-5-10-8-9(2)6-7-11(10)14-12(3,4)13;1-2/h6-8,13H,5H2,1-4H3;1-2H3. The van der Waals surface area contributed by atoms with Crippen molar-refractivity contribution in [1.29, 1.82) is 0 Å². The van der Waals surface area contributed by atoms with Gasteiger partial charge in [-0.15, -0.1) is 0 Å². The first-order valence-electron chi connectivity index (χ1n) is 5.93. The van der Waals surface area contributed by atoms with Gasteiger partial charge in [0.15, 0.2) is 0 Å². The van der Waals surface area contributed by atoms with Crippen molar-refractivity contribution in [3.05, 3.63) is 29.3 Å². The molecule has 92 valence electrons. The molecule has 1 aromatic carbocycles. The first kappa shape index (κ1) is 15.0. The molecule has 1 aromatic rings. The topological polar surface area (TPSA) is 29.5 Å². The largest absolute Gasteiger partial charge is 0.463 e. The molecule has 0 heterocycles. The molecule has 0 saturated heterocycles. The van der Waals surface area contributed by atoms with Gasteiger partial charge in [-0.25, -0.2) is 0 Å². The second-order valence-electron chi connectivity index (χ2n) is 4.01. The Morgan fingerprint density at radius 3 is 2.25 bits per heavy atom. The molecule has 1 rings (SSSR count). The normalized spacial score (nSPS) is 10.4. The average Bonchev–Trinajstić information content (AvgIpc) is 2.22. The highest BCUT2D eigenvalue weighted by atomic mass is 16.6. The Morgan fingerprint density at radius 2 is 1.81 bits per heavy atom. The third kappa shape index (κ3) is 5.17. The van der Waals surface area contributed by atoms with Crippen LogP contribution >= 0.6 is 0 Å². The van der Waals surface area contributed by atoms with Gasteiger partial charge in [0.1, 0.15) is 5.75 Å². The molecule has 0 saturated carbocycles. The number of benzene rings is 1. The Kier molecular flexibility index (Phi) is 6.12. The summed E-state index contributed by atoms with van der Waals surface area (Å²) in [7, 11) is 0. The zero-order chi connectivity index (χ0) is 12.8. The molecule has 0 spiro atoms. The van der Waals surface area contributed by atoms with Crippen molar-refractivity contribution in [1.82, 2.24) is 0 Å². The molecule has 0 aliphatic heterocycles. The second kappa shape index (κ2) is 6.54. The highest BCUT2D eigenvalue weighted by molar-refractivity contribution is 5.37. The Hall–Kier alpha value is -1.02. The lowest BCUT2D eigenvalue weighted by Gasteiger charge is -2.21. The summed E-state index contributed by atoms with van der Waals surface area (Å²) in [6.45, 7) is 11.4. The van der Waals surface area contributed by atoms with Gasteiger partial charge in [0, 0.05) is 13.8 Å². The smallest absolute Gasteiger partial charge is 0.202 e. The van der Waals surface area contributed by atoms with Crippen molar-refractivity contribution in [3.8, 4) is 5.75 Å². The maximum absolute atomic E-state index is 9.54. The quantitative estimate of drug-likeness (QED) is 0.793.